The molecule has 5 nitrogen and oxygen atoms in total. The Labute approximate surface area is 119 Å². The number of hydrogen-bond acceptors (Lipinski definition) is 4. The Balaban J connectivity index is 2.02. The van der Waals surface area contributed by atoms with Crippen LogP contribution in [0.15, 0.2) is 30.7 Å². The summed E-state index contributed by atoms with van der Waals surface area (Å²) in [6.45, 7) is 5.14. The molecule has 5 heteroatoms. The number of nitrogens with one attached hydrogen (secondary N) is 2. The molecule has 3 N–H and O–H groups in total. The molecule has 108 valence electrons. The molecule has 20 heavy (non-hydrogen) atoms. The number of hydrogen-bond donors (Lipinski definition) is 3. The highest BCUT2D eigenvalue weighted by molar-refractivity contribution is 5.61. The van der Waals surface area contributed by atoms with E-state index in [-0.39, 0.29) is 12.6 Å². The lowest BCUT2D eigenvalue weighted by Gasteiger charge is -2.18. The van der Waals surface area contributed by atoms with Crippen LogP contribution in [0.2, 0.25) is 0 Å². The molecule has 1 unspecified atom stereocenters. The number of aliphatic hydroxyl groups is 1. The van der Waals surface area contributed by atoms with E-state index in [0.717, 1.165) is 23.2 Å². The van der Waals surface area contributed by atoms with Crippen LogP contribution in [-0.2, 0) is 6.54 Å². The van der Waals surface area contributed by atoms with Gasteiger partial charge in [0.1, 0.15) is 0 Å². The van der Waals surface area contributed by atoms with Crippen LogP contribution >= 0.6 is 0 Å². The van der Waals surface area contributed by atoms with Gasteiger partial charge >= 0.3 is 0 Å². The van der Waals surface area contributed by atoms with E-state index in [4.69, 9.17) is 0 Å². The molecule has 0 bridgehead atoms. The maximum Gasteiger partial charge on any atom is 0.0710 e. The average Bonchev–Trinajstić information content (AvgIpc) is 2.92. The first-order valence-corrected chi connectivity index (χ1v) is 6.97. The van der Waals surface area contributed by atoms with Gasteiger partial charge in [0, 0.05) is 36.1 Å². The van der Waals surface area contributed by atoms with Crippen LogP contribution in [0, 0.1) is 5.92 Å². The van der Waals surface area contributed by atoms with Crippen molar-refractivity contribution in [2.24, 2.45) is 5.92 Å². The summed E-state index contributed by atoms with van der Waals surface area (Å²) < 4.78 is 0. The van der Waals surface area contributed by atoms with Crippen LogP contribution < -0.4 is 5.32 Å². The molecule has 0 saturated heterocycles. The highest BCUT2D eigenvalue weighted by Gasteiger charge is 2.12. The lowest BCUT2D eigenvalue weighted by Crippen LogP contribution is -2.33. The smallest absolute Gasteiger partial charge is 0.0710 e. The predicted octanol–water partition coefficient (Wildman–Crippen LogP) is 1.97. The van der Waals surface area contributed by atoms with Gasteiger partial charge in [0.25, 0.3) is 0 Å². The van der Waals surface area contributed by atoms with Gasteiger partial charge in [-0.1, -0.05) is 13.8 Å². The summed E-state index contributed by atoms with van der Waals surface area (Å²) in [6.07, 6.45) is 6.34. The van der Waals surface area contributed by atoms with E-state index in [9.17, 15) is 5.11 Å². The molecule has 0 radical (unpaired) electrons. The first kappa shape index (κ1) is 14.7. The zero-order valence-electron chi connectivity index (χ0n) is 12.0. The zero-order valence-corrected chi connectivity index (χ0v) is 12.0. The molecule has 0 fully saturated rings. The lowest BCUT2D eigenvalue weighted by molar-refractivity contribution is 0.223. The van der Waals surface area contributed by atoms with Crippen molar-refractivity contribution >= 4 is 0 Å². The van der Waals surface area contributed by atoms with Crippen LogP contribution in [0.3, 0.4) is 0 Å². The van der Waals surface area contributed by atoms with Crippen LogP contribution in [0.5, 0.6) is 0 Å². The molecule has 2 aromatic rings. The minimum Gasteiger partial charge on any atom is -0.395 e. The fraction of sp³-hybridized carbons (Fsp3) is 0.467. The summed E-state index contributed by atoms with van der Waals surface area (Å²) in [5, 5.41) is 19.9. The quantitative estimate of drug-likeness (QED) is 0.721. The summed E-state index contributed by atoms with van der Waals surface area (Å²) in [6, 6.07) is 4.02. The van der Waals surface area contributed by atoms with E-state index >= 15 is 0 Å². The Kier molecular flexibility index (Phi) is 5.26. The number of aliphatic hydroxyl groups excluding tert-OH is 1. The van der Waals surface area contributed by atoms with E-state index in [0.29, 0.717) is 12.5 Å². The standard InChI is InChI=1S/C15H22N4O/c1-11(2)6-14(10-20)17-8-13-9-18-19-15(13)12-4-3-5-16-7-12/h3-5,7,9,11,14,17,20H,6,8,10H2,1-2H3,(H,18,19). The number of nitrogens with zero attached hydrogens (tertiary/aromatic N) is 2. The molecule has 0 spiro atoms. The molecule has 1 atom stereocenters. The highest BCUT2D eigenvalue weighted by Crippen LogP contribution is 2.19. The van der Waals surface area contributed by atoms with Crippen LogP contribution in [0.4, 0.5) is 0 Å². The van der Waals surface area contributed by atoms with Crippen molar-refractivity contribution in [2.45, 2.75) is 32.9 Å². The van der Waals surface area contributed by atoms with Crippen molar-refractivity contribution in [3.8, 4) is 11.3 Å². The SMILES string of the molecule is CC(C)CC(CO)NCc1cn[nH]c1-c1cccnc1. The van der Waals surface area contributed by atoms with Crippen molar-refractivity contribution < 1.29 is 5.11 Å². The second-order valence-electron chi connectivity index (χ2n) is 5.40. The van der Waals surface area contributed by atoms with Gasteiger partial charge in [-0.05, 0) is 24.5 Å². The largest absolute Gasteiger partial charge is 0.395 e. The molecule has 2 aromatic heterocycles. The Bertz CT molecular complexity index is 510. The van der Waals surface area contributed by atoms with Crippen LogP contribution in [-0.4, -0.2) is 32.9 Å². The Hall–Kier alpha value is -1.72. The van der Waals surface area contributed by atoms with E-state index in [1.165, 1.54) is 0 Å². The number of H-pyrrole nitrogens is 1. The van der Waals surface area contributed by atoms with E-state index in [1.807, 2.05) is 24.5 Å². The topological polar surface area (TPSA) is 73.8 Å². The minimum atomic E-state index is 0.117. The van der Waals surface area contributed by atoms with Crippen molar-refractivity contribution in [3.05, 3.63) is 36.3 Å². The summed E-state index contributed by atoms with van der Waals surface area (Å²) >= 11 is 0. The summed E-state index contributed by atoms with van der Waals surface area (Å²) in [5.74, 6) is 0.557. The van der Waals surface area contributed by atoms with E-state index < -0.39 is 0 Å². The Morgan fingerprint density at radius 2 is 2.20 bits per heavy atom. The zero-order chi connectivity index (χ0) is 14.4. The normalized spacial score (nSPS) is 12.8. The predicted molar refractivity (Wildman–Crippen MR) is 79.0 cm³/mol. The van der Waals surface area contributed by atoms with Gasteiger partial charge in [0.15, 0.2) is 0 Å². The fourth-order valence-corrected chi connectivity index (χ4v) is 2.25. The first-order valence-electron chi connectivity index (χ1n) is 6.97. The van der Waals surface area contributed by atoms with Crippen LogP contribution in [0.25, 0.3) is 11.3 Å². The van der Waals surface area contributed by atoms with Crippen molar-refractivity contribution in [2.75, 3.05) is 6.61 Å². The third kappa shape index (κ3) is 3.88. The van der Waals surface area contributed by atoms with Crippen molar-refractivity contribution in [1.29, 1.82) is 0 Å². The Morgan fingerprint density at radius 3 is 2.85 bits per heavy atom. The van der Waals surface area contributed by atoms with Crippen molar-refractivity contribution in [1.82, 2.24) is 20.5 Å². The van der Waals surface area contributed by atoms with E-state index in [1.54, 1.807) is 6.20 Å². The molecule has 2 heterocycles. The Morgan fingerprint density at radius 1 is 1.35 bits per heavy atom. The molecule has 0 aliphatic heterocycles. The third-order valence-electron chi connectivity index (χ3n) is 3.23. The highest BCUT2D eigenvalue weighted by atomic mass is 16.3. The monoisotopic (exact) mass is 274 g/mol. The van der Waals surface area contributed by atoms with Gasteiger partial charge in [-0.15, -0.1) is 0 Å². The van der Waals surface area contributed by atoms with Gasteiger partial charge in [0.05, 0.1) is 18.5 Å². The van der Waals surface area contributed by atoms with Gasteiger partial charge in [-0.25, -0.2) is 0 Å². The number of rotatable bonds is 7. The van der Waals surface area contributed by atoms with Gasteiger partial charge in [-0.3, -0.25) is 10.1 Å². The third-order valence-corrected chi connectivity index (χ3v) is 3.23. The number of aromatic amines is 1. The maximum absolute atomic E-state index is 9.39. The van der Waals surface area contributed by atoms with Gasteiger partial charge in [0.2, 0.25) is 0 Å². The molecule has 2 rings (SSSR count). The molecule has 0 aliphatic carbocycles. The van der Waals surface area contributed by atoms with Gasteiger partial charge < -0.3 is 10.4 Å². The minimum absolute atomic E-state index is 0.117. The molecule has 0 amide bonds. The van der Waals surface area contributed by atoms with Gasteiger partial charge in [-0.2, -0.15) is 5.10 Å². The van der Waals surface area contributed by atoms with Crippen LogP contribution in [0.1, 0.15) is 25.8 Å². The summed E-state index contributed by atoms with van der Waals surface area (Å²) in [5.41, 5.74) is 3.08. The number of pyridine rings is 1. The molecule has 0 aromatic carbocycles. The summed E-state index contributed by atoms with van der Waals surface area (Å²) in [4.78, 5) is 4.12. The molecular weight excluding hydrogens is 252 g/mol. The number of aromatic nitrogens is 3. The second-order valence-corrected chi connectivity index (χ2v) is 5.40. The maximum atomic E-state index is 9.39. The van der Waals surface area contributed by atoms with E-state index in [2.05, 4.69) is 34.3 Å². The molecule has 0 saturated carbocycles. The molecule has 0 aliphatic rings. The fourth-order valence-electron chi connectivity index (χ4n) is 2.25. The summed E-state index contributed by atoms with van der Waals surface area (Å²) in [7, 11) is 0. The lowest BCUT2D eigenvalue weighted by atomic mass is 10.0. The van der Waals surface area contributed by atoms with Crippen molar-refractivity contribution in [3.63, 3.8) is 0 Å². The molecular formula is C15H22N4O. The second kappa shape index (κ2) is 7.17. The first-order chi connectivity index (χ1) is 9.70. The average molecular weight is 274 g/mol.